The molecule has 7 heteroatoms. The maximum absolute atomic E-state index is 12.7. The number of carbonyl (C=O) groups excluding carboxylic acids is 3. The molecule has 2 aliphatic rings. The Bertz CT molecular complexity index is 709. The summed E-state index contributed by atoms with van der Waals surface area (Å²) in [6.07, 6.45) is 2.15. The molecular weight excluding hydrogens is 338 g/mol. The zero-order chi connectivity index (χ0) is 18.0. The summed E-state index contributed by atoms with van der Waals surface area (Å²) in [6.45, 7) is 4.63. The molecular formula is C18H23N3O3S. The van der Waals surface area contributed by atoms with Gasteiger partial charge >= 0.3 is 0 Å². The molecule has 1 aromatic rings. The van der Waals surface area contributed by atoms with Crippen molar-refractivity contribution >= 4 is 35.2 Å². The molecule has 2 aliphatic heterocycles. The molecule has 2 heterocycles. The number of thioether (sulfide) groups is 1. The summed E-state index contributed by atoms with van der Waals surface area (Å²) in [6, 6.07) is 6.41. The molecule has 2 unspecified atom stereocenters. The molecule has 2 N–H and O–H groups in total. The number of anilines is 1. The fourth-order valence-electron chi connectivity index (χ4n) is 3.32. The molecule has 6 nitrogen and oxygen atoms in total. The molecule has 0 aromatic heterocycles. The van der Waals surface area contributed by atoms with Crippen LogP contribution >= 0.6 is 11.8 Å². The van der Waals surface area contributed by atoms with Gasteiger partial charge in [-0.25, -0.2) is 0 Å². The quantitative estimate of drug-likeness (QED) is 0.843. The third-order valence-corrected chi connectivity index (χ3v) is 6.18. The second-order valence-corrected chi connectivity index (χ2v) is 8.09. The molecule has 0 bridgehead atoms. The molecule has 3 rings (SSSR count). The Labute approximate surface area is 151 Å². The first-order valence-corrected chi connectivity index (χ1v) is 9.58. The number of benzene rings is 1. The van der Waals surface area contributed by atoms with Gasteiger partial charge in [-0.1, -0.05) is 13.0 Å². The Kier molecular flexibility index (Phi) is 5.03. The molecule has 1 aromatic carbocycles. The van der Waals surface area contributed by atoms with Crippen LogP contribution in [0.25, 0.3) is 0 Å². The number of nitrogens with zero attached hydrogens (tertiary/aromatic N) is 1. The number of fused-ring (bicyclic) bond motifs is 1. The molecule has 0 spiro atoms. The zero-order valence-corrected chi connectivity index (χ0v) is 15.3. The predicted octanol–water partition coefficient (Wildman–Crippen LogP) is 2.22. The van der Waals surface area contributed by atoms with Gasteiger partial charge in [0.25, 0.3) is 5.91 Å². The number of rotatable bonds is 5. The summed E-state index contributed by atoms with van der Waals surface area (Å²) in [7, 11) is 0. The summed E-state index contributed by atoms with van der Waals surface area (Å²) in [5, 5.41) is 5.68. The van der Waals surface area contributed by atoms with Crippen molar-refractivity contribution in [2.75, 3.05) is 17.6 Å². The summed E-state index contributed by atoms with van der Waals surface area (Å²) in [5.41, 5.74) is 1.08. The van der Waals surface area contributed by atoms with Crippen LogP contribution in [0, 0.1) is 0 Å². The van der Waals surface area contributed by atoms with Gasteiger partial charge in [0.05, 0.1) is 4.87 Å². The lowest BCUT2D eigenvalue weighted by Crippen LogP contribution is -2.48. The fourth-order valence-corrected chi connectivity index (χ4v) is 4.75. The van der Waals surface area contributed by atoms with Crippen molar-refractivity contribution in [1.82, 2.24) is 10.2 Å². The van der Waals surface area contributed by atoms with Crippen LogP contribution in [0.5, 0.6) is 0 Å². The van der Waals surface area contributed by atoms with Crippen molar-refractivity contribution in [2.45, 2.75) is 44.0 Å². The molecule has 3 amide bonds. The maximum atomic E-state index is 12.7. The van der Waals surface area contributed by atoms with E-state index in [2.05, 4.69) is 10.6 Å². The van der Waals surface area contributed by atoms with E-state index in [0.717, 1.165) is 12.8 Å². The van der Waals surface area contributed by atoms with Crippen LogP contribution in [0.4, 0.5) is 5.69 Å². The van der Waals surface area contributed by atoms with Gasteiger partial charge in [0, 0.05) is 30.0 Å². The lowest BCUT2D eigenvalue weighted by Gasteiger charge is -2.29. The lowest BCUT2D eigenvalue weighted by molar-refractivity contribution is -0.135. The van der Waals surface area contributed by atoms with Gasteiger partial charge in [-0.05, 0) is 38.0 Å². The standard InChI is InChI=1S/C18H23N3O3S/c1-3-9-19-16(23)12-5-4-6-13(10-12)20-17(24)14-11-25-18(2)8-7-15(22)21(14)18/h4-6,10,14H,3,7-9,11H2,1-2H3,(H,19,23)(H,20,24). The van der Waals surface area contributed by atoms with E-state index in [1.54, 1.807) is 40.9 Å². The van der Waals surface area contributed by atoms with Gasteiger partial charge in [-0.15, -0.1) is 11.8 Å². The molecule has 2 fully saturated rings. The highest BCUT2D eigenvalue weighted by molar-refractivity contribution is 8.01. The zero-order valence-electron chi connectivity index (χ0n) is 14.5. The summed E-state index contributed by atoms with van der Waals surface area (Å²) >= 11 is 1.66. The van der Waals surface area contributed by atoms with Crippen LogP contribution in [0.2, 0.25) is 0 Å². The highest BCUT2D eigenvalue weighted by atomic mass is 32.2. The van der Waals surface area contributed by atoms with Gasteiger partial charge in [0.2, 0.25) is 11.8 Å². The Morgan fingerprint density at radius 1 is 1.40 bits per heavy atom. The largest absolute Gasteiger partial charge is 0.352 e. The van der Waals surface area contributed by atoms with E-state index in [4.69, 9.17) is 0 Å². The van der Waals surface area contributed by atoms with Gasteiger partial charge in [0.15, 0.2) is 0 Å². The average molecular weight is 361 g/mol. The molecule has 0 radical (unpaired) electrons. The third-order valence-electron chi connectivity index (χ3n) is 4.68. The van der Waals surface area contributed by atoms with Crippen LogP contribution in [-0.2, 0) is 9.59 Å². The average Bonchev–Trinajstić information content (AvgIpc) is 3.09. The van der Waals surface area contributed by atoms with E-state index in [9.17, 15) is 14.4 Å². The van der Waals surface area contributed by atoms with Gasteiger partial charge in [0.1, 0.15) is 6.04 Å². The SMILES string of the molecule is CCCNC(=O)c1cccc(NC(=O)C2CSC3(C)CCC(=O)N23)c1. The minimum atomic E-state index is -0.456. The van der Waals surface area contributed by atoms with Crippen LogP contribution in [-0.4, -0.2) is 45.8 Å². The number of carbonyl (C=O) groups is 3. The topological polar surface area (TPSA) is 78.5 Å². The Morgan fingerprint density at radius 3 is 2.96 bits per heavy atom. The van der Waals surface area contributed by atoms with Crippen LogP contribution in [0.15, 0.2) is 24.3 Å². The van der Waals surface area contributed by atoms with Crippen LogP contribution in [0.1, 0.15) is 43.5 Å². The maximum Gasteiger partial charge on any atom is 0.251 e. The Morgan fingerprint density at radius 2 is 2.20 bits per heavy atom. The number of hydrogen-bond donors (Lipinski definition) is 2. The monoisotopic (exact) mass is 361 g/mol. The first kappa shape index (κ1) is 17.8. The van der Waals surface area contributed by atoms with Crippen molar-refractivity contribution in [1.29, 1.82) is 0 Å². The molecule has 0 aliphatic carbocycles. The third kappa shape index (κ3) is 3.51. The fraction of sp³-hybridized carbons (Fsp3) is 0.500. The molecule has 2 atom stereocenters. The Balaban J connectivity index is 1.69. The van der Waals surface area contributed by atoms with E-state index in [-0.39, 0.29) is 22.6 Å². The minimum absolute atomic E-state index is 0.0420. The van der Waals surface area contributed by atoms with Crippen LogP contribution < -0.4 is 10.6 Å². The van der Waals surface area contributed by atoms with Crippen molar-refractivity contribution < 1.29 is 14.4 Å². The predicted molar refractivity (Wildman–Crippen MR) is 98.4 cm³/mol. The number of amides is 3. The van der Waals surface area contributed by atoms with E-state index >= 15 is 0 Å². The van der Waals surface area contributed by atoms with Crippen molar-refractivity contribution in [3.8, 4) is 0 Å². The van der Waals surface area contributed by atoms with E-state index in [1.807, 2.05) is 13.8 Å². The van der Waals surface area contributed by atoms with Gasteiger partial charge in [-0.2, -0.15) is 0 Å². The summed E-state index contributed by atoms with van der Waals surface area (Å²) < 4.78 is 0. The lowest BCUT2D eigenvalue weighted by atomic mass is 10.1. The smallest absolute Gasteiger partial charge is 0.251 e. The molecule has 25 heavy (non-hydrogen) atoms. The summed E-state index contributed by atoms with van der Waals surface area (Å²) in [4.78, 5) is 38.3. The molecule has 2 saturated heterocycles. The summed E-state index contributed by atoms with van der Waals surface area (Å²) in [5.74, 6) is 0.291. The van der Waals surface area contributed by atoms with Crippen molar-refractivity contribution in [2.24, 2.45) is 0 Å². The van der Waals surface area contributed by atoms with Gasteiger partial charge in [-0.3, -0.25) is 14.4 Å². The first-order chi connectivity index (χ1) is 11.9. The van der Waals surface area contributed by atoms with E-state index in [0.29, 0.717) is 30.0 Å². The van der Waals surface area contributed by atoms with E-state index < -0.39 is 6.04 Å². The molecule has 0 saturated carbocycles. The van der Waals surface area contributed by atoms with Crippen LogP contribution in [0.3, 0.4) is 0 Å². The number of hydrogen-bond acceptors (Lipinski definition) is 4. The normalized spacial score (nSPS) is 25.0. The Hall–Kier alpha value is -2.02. The first-order valence-electron chi connectivity index (χ1n) is 8.60. The highest BCUT2D eigenvalue weighted by Gasteiger charge is 2.52. The second kappa shape index (κ2) is 7.07. The second-order valence-electron chi connectivity index (χ2n) is 6.59. The highest BCUT2D eigenvalue weighted by Crippen LogP contribution is 2.47. The van der Waals surface area contributed by atoms with Crippen molar-refractivity contribution in [3.05, 3.63) is 29.8 Å². The van der Waals surface area contributed by atoms with E-state index in [1.165, 1.54) is 0 Å². The minimum Gasteiger partial charge on any atom is -0.352 e. The van der Waals surface area contributed by atoms with Crippen molar-refractivity contribution in [3.63, 3.8) is 0 Å². The molecule has 134 valence electrons. The van der Waals surface area contributed by atoms with Gasteiger partial charge < -0.3 is 15.5 Å². The number of nitrogens with one attached hydrogen (secondary N) is 2.